The molecular weight excluding hydrogens is 488 g/mol. The van der Waals surface area contributed by atoms with Crippen molar-refractivity contribution in [3.63, 3.8) is 0 Å². The monoisotopic (exact) mass is 520 g/mol. The Morgan fingerprint density at radius 3 is 2.37 bits per heavy atom. The van der Waals surface area contributed by atoms with Gasteiger partial charge in [0.05, 0.1) is 26.3 Å². The number of hydrogen-bond donors (Lipinski definition) is 0. The fraction of sp³-hybridized carbons (Fsp3) is 0.379. The lowest BCUT2D eigenvalue weighted by Crippen LogP contribution is -2.46. The molecule has 2 aromatic rings. The quantitative estimate of drug-likeness (QED) is 0.210. The van der Waals surface area contributed by atoms with E-state index in [4.69, 9.17) is 14.2 Å². The molecule has 9 heteroatoms. The first-order valence-corrected chi connectivity index (χ1v) is 12.7. The molecule has 0 spiro atoms. The van der Waals surface area contributed by atoms with Crippen molar-refractivity contribution in [1.29, 1.82) is 0 Å². The Morgan fingerprint density at radius 2 is 1.74 bits per heavy atom. The van der Waals surface area contributed by atoms with Gasteiger partial charge in [-0.2, -0.15) is 0 Å². The zero-order valence-corrected chi connectivity index (χ0v) is 21.9. The number of imide groups is 1. The summed E-state index contributed by atoms with van der Waals surface area (Å²) in [5.74, 6) is -0.508. The van der Waals surface area contributed by atoms with Crippen LogP contribution in [0.25, 0.3) is 0 Å². The molecule has 1 unspecified atom stereocenters. The maximum Gasteiger partial charge on any atom is 0.308 e. The zero-order chi connectivity index (χ0) is 27.2. The van der Waals surface area contributed by atoms with E-state index >= 15 is 0 Å². The number of rotatable bonds is 9. The van der Waals surface area contributed by atoms with Gasteiger partial charge in [0, 0.05) is 19.0 Å². The van der Waals surface area contributed by atoms with Gasteiger partial charge in [-0.05, 0) is 74.6 Å². The lowest BCUT2D eigenvalue weighted by molar-refractivity contribution is -0.132. The number of methoxy groups -OCH3 is 2. The largest absolute Gasteiger partial charge is 0.493 e. The van der Waals surface area contributed by atoms with E-state index in [0.717, 1.165) is 30.6 Å². The molecule has 1 aliphatic heterocycles. The summed E-state index contributed by atoms with van der Waals surface area (Å²) in [7, 11) is 3.00. The second kappa shape index (κ2) is 11.9. The minimum absolute atomic E-state index is 0.122. The Balaban J connectivity index is 1.61. The van der Waals surface area contributed by atoms with Crippen LogP contribution in [-0.2, 0) is 14.4 Å². The number of anilines is 1. The molecule has 0 bridgehead atoms. The maximum atomic E-state index is 13.8. The molecule has 0 radical (unpaired) electrons. The second-order valence-electron chi connectivity index (χ2n) is 9.30. The highest BCUT2D eigenvalue weighted by molar-refractivity contribution is 6.23. The van der Waals surface area contributed by atoms with Gasteiger partial charge >= 0.3 is 5.97 Å². The van der Waals surface area contributed by atoms with Gasteiger partial charge in [-0.15, -0.1) is 0 Å². The van der Waals surface area contributed by atoms with Crippen LogP contribution in [0.1, 0.15) is 55.8 Å². The minimum atomic E-state index is -0.944. The minimum Gasteiger partial charge on any atom is -0.493 e. The topological polar surface area (TPSA) is 102 Å². The third-order valence-corrected chi connectivity index (χ3v) is 6.81. The number of nitrogens with zero attached hydrogens (tertiary/aromatic N) is 2. The number of carbonyl (C=O) groups excluding carboxylic acids is 4. The number of carbonyl (C=O) groups is 4. The van der Waals surface area contributed by atoms with E-state index in [1.165, 1.54) is 43.7 Å². The highest BCUT2D eigenvalue weighted by Gasteiger charge is 2.44. The number of benzene rings is 2. The molecule has 2 aromatic carbocycles. The van der Waals surface area contributed by atoms with Gasteiger partial charge in [0.25, 0.3) is 11.8 Å². The highest BCUT2D eigenvalue weighted by atomic mass is 16.5. The van der Waals surface area contributed by atoms with Gasteiger partial charge in [-0.25, -0.2) is 4.90 Å². The van der Waals surface area contributed by atoms with E-state index < -0.39 is 23.8 Å². The Hall–Kier alpha value is -4.14. The molecule has 0 aromatic heterocycles. The van der Waals surface area contributed by atoms with Gasteiger partial charge in [0.15, 0.2) is 11.5 Å². The van der Waals surface area contributed by atoms with Crippen molar-refractivity contribution in [3.05, 3.63) is 59.7 Å². The summed E-state index contributed by atoms with van der Waals surface area (Å²) < 4.78 is 15.7. The number of amides is 3. The molecule has 1 aliphatic carbocycles. The second-order valence-corrected chi connectivity index (χ2v) is 9.30. The lowest BCUT2D eigenvalue weighted by Gasteiger charge is -2.29. The zero-order valence-electron chi connectivity index (χ0n) is 21.9. The predicted octanol–water partition coefficient (Wildman–Crippen LogP) is 4.29. The average molecular weight is 521 g/mol. The molecule has 9 nitrogen and oxygen atoms in total. The molecule has 200 valence electrons. The predicted molar refractivity (Wildman–Crippen MR) is 140 cm³/mol. The Bertz CT molecular complexity index is 1250. The molecule has 1 saturated heterocycles. The van der Waals surface area contributed by atoms with Crippen molar-refractivity contribution in [2.45, 2.75) is 51.5 Å². The van der Waals surface area contributed by atoms with Crippen LogP contribution in [0.3, 0.4) is 0 Å². The summed E-state index contributed by atoms with van der Waals surface area (Å²) in [6.07, 6.45) is 6.96. The van der Waals surface area contributed by atoms with Crippen molar-refractivity contribution in [2.75, 3.05) is 25.7 Å². The van der Waals surface area contributed by atoms with Crippen molar-refractivity contribution in [1.82, 2.24) is 4.90 Å². The number of esters is 1. The molecule has 1 heterocycles. The van der Waals surface area contributed by atoms with Gasteiger partial charge in [0.2, 0.25) is 5.91 Å². The van der Waals surface area contributed by atoms with Gasteiger partial charge < -0.3 is 19.1 Å². The van der Waals surface area contributed by atoms with Crippen LogP contribution in [0.4, 0.5) is 5.69 Å². The number of allylic oxidation sites excluding steroid dienone is 1. The summed E-state index contributed by atoms with van der Waals surface area (Å²) in [4.78, 5) is 54.2. The van der Waals surface area contributed by atoms with Crippen LogP contribution in [0.15, 0.2) is 54.1 Å². The molecule has 38 heavy (non-hydrogen) atoms. The van der Waals surface area contributed by atoms with Crippen LogP contribution in [0, 0.1) is 0 Å². The highest BCUT2D eigenvalue weighted by Crippen LogP contribution is 2.32. The molecule has 3 amide bonds. The first kappa shape index (κ1) is 26.9. The van der Waals surface area contributed by atoms with E-state index in [1.54, 1.807) is 30.3 Å². The van der Waals surface area contributed by atoms with Crippen LogP contribution >= 0.6 is 0 Å². The van der Waals surface area contributed by atoms with Crippen LogP contribution in [-0.4, -0.2) is 55.4 Å². The Labute approximate surface area is 221 Å². The Kier molecular flexibility index (Phi) is 8.45. The molecule has 1 atom stereocenters. The van der Waals surface area contributed by atoms with E-state index in [9.17, 15) is 19.2 Å². The smallest absolute Gasteiger partial charge is 0.308 e. The summed E-state index contributed by atoms with van der Waals surface area (Å²) >= 11 is 0. The van der Waals surface area contributed by atoms with Crippen molar-refractivity contribution in [2.24, 2.45) is 0 Å². The van der Waals surface area contributed by atoms with E-state index in [2.05, 4.69) is 6.08 Å². The molecular formula is C29H32N2O7. The fourth-order valence-electron chi connectivity index (χ4n) is 4.89. The molecule has 0 N–H and O–H groups in total. The average Bonchev–Trinajstić information content (AvgIpc) is 3.22. The number of ether oxygens (including phenoxy) is 3. The maximum absolute atomic E-state index is 13.8. The lowest BCUT2D eigenvalue weighted by atomic mass is 9.96. The van der Waals surface area contributed by atoms with E-state index in [1.807, 2.05) is 0 Å². The third kappa shape index (κ3) is 5.88. The van der Waals surface area contributed by atoms with Gasteiger partial charge in [-0.1, -0.05) is 11.6 Å². The molecule has 4 rings (SSSR count). The van der Waals surface area contributed by atoms with Crippen molar-refractivity contribution < 1.29 is 33.4 Å². The first-order chi connectivity index (χ1) is 18.3. The number of hydrogen-bond acceptors (Lipinski definition) is 7. The summed E-state index contributed by atoms with van der Waals surface area (Å²) in [5.41, 5.74) is 1.95. The van der Waals surface area contributed by atoms with E-state index in [0.29, 0.717) is 41.5 Å². The van der Waals surface area contributed by atoms with Crippen molar-refractivity contribution >= 4 is 29.4 Å². The molecule has 0 saturated carbocycles. The van der Waals surface area contributed by atoms with Gasteiger partial charge in [-0.3, -0.25) is 19.2 Å². The van der Waals surface area contributed by atoms with Gasteiger partial charge in [0.1, 0.15) is 11.8 Å². The van der Waals surface area contributed by atoms with Crippen LogP contribution in [0.2, 0.25) is 0 Å². The summed E-state index contributed by atoms with van der Waals surface area (Å²) in [6, 6.07) is 10.0. The fourth-order valence-corrected chi connectivity index (χ4v) is 4.89. The Morgan fingerprint density at radius 1 is 1.00 bits per heavy atom. The SMILES string of the molecule is COc1ccc(C(=O)N(CCC2=CCCCC2)C2CC(=O)N(c3ccc(OC(C)=O)cc3)C2=O)cc1OC. The summed E-state index contributed by atoms with van der Waals surface area (Å²) in [5, 5.41) is 0. The van der Waals surface area contributed by atoms with Crippen molar-refractivity contribution in [3.8, 4) is 17.2 Å². The standard InChI is InChI=1S/C29H32N2O7/c1-19(32)38-23-12-10-22(11-13-23)31-27(33)18-24(29(31)35)30(16-15-20-7-5-4-6-8-20)28(34)21-9-14-25(36-2)26(17-21)37-3/h7,9-14,17,24H,4-6,8,15-16,18H2,1-3H3. The van der Waals surface area contributed by atoms with Crippen LogP contribution in [0.5, 0.6) is 17.2 Å². The van der Waals surface area contributed by atoms with E-state index in [-0.39, 0.29) is 12.3 Å². The van der Waals surface area contributed by atoms with Crippen LogP contribution < -0.4 is 19.1 Å². The third-order valence-electron chi connectivity index (χ3n) is 6.81. The normalized spacial score (nSPS) is 17.2. The first-order valence-electron chi connectivity index (χ1n) is 12.7. The molecule has 2 aliphatic rings. The summed E-state index contributed by atoms with van der Waals surface area (Å²) in [6.45, 7) is 1.60. The molecule has 1 fully saturated rings.